The molecule has 0 spiro atoms. The van der Waals surface area contributed by atoms with E-state index in [2.05, 4.69) is 53.8 Å². The predicted molar refractivity (Wildman–Crippen MR) is 75.7 cm³/mol. The van der Waals surface area contributed by atoms with Crippen molar-refractivity contribution in [1.29, 1.82) is 0 Å². The Morgan fingerprint density at radius 3 is 2.41 bits per heavy atom. The van der Waals surface area contributed by atoms with Gasteiger partial charge in [-0.05, 0) is 40.5 Å². The van der Waals surface area contributed by atoms with Crippen LogP contribution in [0.5, 0.6) is 0 Å². The lowest BCUT2D eigenvalue weighted by Crippen LogP contribution is -2.40. The number of nitrogens with one attached hydrogen (secondary N) is 3. The molecule has 5 heteroatoms. The maximum Gasteiger partial charge on any atom is 0.191 e. The van der Waals surface area contributed by atoms with Gasteiger partial charge in [-0.25, -0.2) is 0 Å². The van der Waals surface area contributed by atoms with Crippen LogP contribution in [0, 0.1) is 0 Å². The van der Waals surface area contributed by atoms with Crippen LogP contribution in [0.4, 0.5) is 0 Å². The van der Waals surface area contributed by atoms with Gasteiger partial charge in [-0.3, -0.25) is 4.99 Å². The highest BCUT2D eigenvalue weighted by Gasteiger charge is 1.95. The lowest BCUT2D eigenvalue weighted by molar-refractivity contribution is 0.403. The minimum Gasteiger partial charge on any atom is -0.357 e. The molecule has 0 aromatic rings. The lowest BCUT2D eigenvalue weighted by atomic mass is 10.4. The molecule has 3 N–H and O–H groups in total. The minimum atomic E-state index is 0.870. The summed E-state index contributed by atoms with van der Waals surface area (Å²) in [7, 11) is 4.17. The first-order chi connectivity index (χ1) is 8.20. The summed E-state index contributed by atoms with van der Waals surface area (Å²) in [6.45, 7) is 9.95. The van der Waals surface area contributed by atoms with Gasteiger partial charge in [-0.15, -0.1) is 0 Å². The summed E-state index contributed by atoms with van der Waals surface area (Å²) in [5.74, 6) is 0.921. The Bertz CT molecular complexity index is 191. The van der Waals surface area contributed by atoms with Gasteiger partial charge in [-0.2, -0.15) is 0 Å². The smallest absolute Gasteiger partial charge is 0.191 e. The molecule has 0 bridgehead atoms. The Morgan fingerprint density at radius 1 is 1.06 bits per heavy atom. The van der Waals surface area contributed by atoms with Crippen LogP contribution in [0.2, 0.25) is 0 Å². The van der Waals surface area contributed by atoms with Crippen LogP contribution in [-0.4, -0.2) is 64.2 Å². The Labute approximate surface area is 106 Å². The molecule has 0 heterocycles. The number of rotatable bonds is 9. The highest BCUT2D eigenvalue weighted by atomic mass is 15.2. The summed E-state index contributed by atoms with van der Waals surface area (Å²) in [6, 6.07) is 0. The van der Waals surface area contributed by atoms with Crippen LogP contribution in [0.1, 0.15) is 20.3 Å². The van der Waals surface area contributed by atoms with Crippen molar-refractivity contribution >= 4 is 5.96 Å². The van der Waals surface area contributed by atoms with Gasteiger partial charge in [0.15, 0.2) is 5.96 Å². The normalized spacial score (nSPS) is 11.9. The third kappa shape index (κ3) is 11.5. The summed E-state index contributed by atoms with van der Waals surface area (Å²) in [5, 5.41) is 9.83. The Hall–Kier alpha value is -0.810. The third-order valence-electron chi connectivity index (χ3n) is 2.22. The molecular weight excluding hydrogens is 214 g/mol. The average molecular weight is 243 g/mol. The van der Waals surface area contributed by atoms with Crippen molar-refractivity contribution in [1.82, 2.24) is 20.9 Å². The molecule has 17 heavy (non-hydrogen) atoms. The number of guanidine groups is 1. The number of likely N-dealkylation sites (N-methyl/N-ethyl adjacent to an activating group) is 1. The quantitative estimate of drug-likeness (QED) is 0.305. The van der Waals surface area contributed by atoms with Gasteiger partial charge in [0.2, 0.25) is 0 Å². The fourth-order valence-corrected chi connectivity index (χ4v) is 1.37. The van der Waals surface area contributed by atoms with Crippen LogP contribution < -0.4 is 16.0 Å². The molecule has 0 radical (unpaired) electrons. The highest BCUT2D eigenvalue weighted by Crippen LogP contribution is 1.84. The van der Waals surface area contributed by atoms with Crippen LogP contribution in [0.25, 0.3) is 0 Å². The predicted octanol–water partition coefficient (Wildman–Crippen LogP) is 0.103. The number of aliphatic imine (C=N–C) groups is 1. The van der Waals surface area contributed by atoms with Crippen molar-refractivity contribution in [3.63, 3.8) is 0 Å². The van der Waals surface area contributed by atoms with Crippen LogP contribution in [0.15, 0.2) is 4.99 Å². The van der Waals surface area contributed by atoms with Crippen molar-refractivity contribution in [2.45, 2.75) is 20.3 Å². The van der Waals surface area contributed by atoms with Crippen molar-refractivity contribution in [2.75, 3.05) is 53.4 Å². The van der Waals surface area contributed by atoms with Gasteiger partial charge in [0.1, 0.15) is 0 Å². The van der Waals surface area contributed by atoms with Crippen molar-refractivity contribution < 1.29 is 0 Å². The van der Waals surface area contributed by atoms with E-state index in [4.69, 9.17) is 0 Å². The number of hydrogen-bond acceptors (Lipinski definition) is 3. The molecule has 0 fully saturated rings. The molecule has 0 atom stereocenters. The lowest BCUT2D eigenvalue weighted by Gasteiger charge is -2.12. The Balaban J connectivity index is 3.74. The van der Waals surface area contributed by atoms with E-state index in [1.807, 2.05) is 0 Å². The molecule has 0 aliphatic carbocycles. The van der Waals surface area contributed by atoms with E-state index in [0.29, 0.717) is 0 Å². The molecule has 0 rings (SSSR count). The first-order valence-electron chi connectivity index (χ1n) is 6.58. The zero-order valence-electron chi connectivity index (χ0n) is 11.8. The molecule has 0 aromatic carbocycles. The van der Waals surface area contributed by atoms with Crippen LogP contribution >= 0.6 is 0 Å². The standard InChI is InChI=1S/C12H29N5/c1-5-13-9-10-16-12(14-6-2)15-8-7-11-17(3)4/h13H,5-11H2,1-4H3,(H2,14,15,16). The fraction of sp³-hybridized carbons (Fsp3) is 0.917. The Morgan fingerprint density at radius 2 is 1.82 bits per heavy atom. The summed E-state index contributed by atoms with van der Waals surface area (Å²) in [4.78, 5) is 6.70. The topological polar surface area (TPSA) is 51.7 Å². The van der Waals surface area contributed by atoms with Gasteiger partial charge in [0.25, 0.3) is 0 Å². The van der Waals surface area contributed by atoms with Gasteiger partial charge in [0.05, 0.1) is 0 Å². The second kappa shape index (κ2) is 11.7. The number of nitrogens with zero attached hydrogens (tertiary/aromatic N) is 2. The van der Waals surface area contributed by atoms with E-state index >= 15 is 0 Å². The zero-order valence-corrected chi connectivity index (χ0v) is 11.8. The second-order valence-corrected chi connectivity index (χ2v) is 4.20. The molecular formula is C12H29N5. The second-order valence-electron chi connectivity index (χ2n) is 4.20. The molecule has 0 saturated carbocycles. The summed E-state index contributed by atoms with van der Waals surface area (Å²) >= 11 is 0. The van der Waals surface area contributed by atoms with Gasteiger partial charge < -0.3 is 20.9 Å². The number of hydrogen-bond donors (Lipinski definition) is 3. The molecule has 5 nitrogen and oxygen atoms in total. The van der Waals surface area contributed by atoms with Gasteiger partial charge >= 0.3 is 0 Å². The largest absolute Gasteiger partial charge is 0.357 e. The molecule has 102 valence electrons. The third-order valence-corrected chi connectivity index (χ3v) is 2.22. The van der Waals surface area contributed by atoms with Crippen molar-refractivity contribution in [3.05, 3.63) is 0 Å². The molecule has 0 aliphatic rings. The van der Waals surface area contributed by atoms with E-state index in [1.54, 1.807) is 0 Å². The molecule has 0 aromatic heterocycles. The first-order valence-corrected chi connectivity index (χ1v) is 6.58. The molecule has 0 unspecified atom stereocenters. The summed E-state index contributed by atoms with van der Waals surface area (Å²) in [5.41, 5.74) is 0. The van der Waals surface area contributed by atoms with E-state index < -0.39 is 0 Å². The SMILES string of the molecule is CCNCCNC(=NCCCN(C)C)NCC. The van der Waals surface area contributed by atoms with E-state index in [1.165, 1.54) is 0 Å². The van der Waals surface area contributed by atoms with E-state index in [0.717, 1.165) is 51.6 Å². The van der Waals surface area contributed by atoms with Crippen LogP contribution in [0.3, 0.4) is 0 Å². The van der Waals surface area contributed by atoms with Gasteiger partial charge in [-0.1, -0.05) is 6.92 Å². The maximum atomic E-state index is 4.52. The summed E-state index contributed by atoms with van der Waals surface area (Å²) < 4.78 is 0. The monoisotopic (exact) mass is 243 g/mol. The van der Waals surface area contributed by atoms with E-state index in [-0.39, 0.29) is 0 Å². The molecule has 0 aliphatic heterocycles. The van der Waals surface area contributed by atoms with E-state index in [9.17, 15) is 0 Å². The fourth-order valence-electron chi connectivity index (χ4n) is 1.37. The first kappa shape index (κ1) is 16.2. The van der Waals surface area contributed by atoms with Crippen molar-refractivity contribution in [2.24, 2.45) is 4.99 Å². The average Bonchev–Trinajstić information content (AvgIpc) is 2.29. The van der Waals surface area contributed by atoms with Crippen molar-refractivity contribution in [3.8, 4) is 0 Å². The minimum absolute atomic E-state index is 0.870. The summed E-state index contributed by atoms with van der Waals surface area (Å²) in [6.07, 6.45) is 1.09. The maximum absolute atomic E-state index is 4.52. The molecule has 0 amide bonds. The van der Waals surface area contributed by atoms with Gasteiger partial charge in [0, 0.05) is 26.2 Å². The molecule has 0 saturated heterocycles. The Kier molecular flexibility index (Phi) is 11.1. The van der Waals surface area contributed by atoms with Crippen LogP contribution in [-0.2, 0) is 0 Å². The zero-order chi connectivity index (χ0) is 12.9. The highest BCUT2D eigenvalue weighted by molar-refractivity contribution is 5.79.